The highest BCUT2D eigenvalue weighted by Gasteiger charge is 2.36. The zero-order valence-electron chi connectivity index (χ0n) is 15.5. The molecular weight excluding hydrogens is 426 g/mol. The van der Waals surface area contributed by atoms with E-state index in [1.165, 1.54) is 7.11 Å². The smallest absolute Gasteiger partial charge is 0.327 e. The largest absolute Gasteiger partial charge is 0.468 e. The quantitative estimate of drug-likeness (QED) is 0.663. The first-order valence-electron chi connectivity index (χ1n) is 8.76. The van der Waals surface area contributed by atoms with E-state index in [0.29, 0.717) is 16.7 Å². The van der Waals surface area contributed by atoms with Gasteiger partial charge < -0.3 is 4.74 Å². The van der Waals surface area contributed by atoms with Crippen molar-refractivity contribution in [1.82, 2.24) is 9.21 Å². The van der Waals surface area contributed by atoms with Gasteiger partial charge in [0.1, 0.15) is 17.7 Å². The third-order valence-electron chi connectivity index (χ3n) is 4.74. The summed E-state index contributed by atoms with van der Waals surface area (Å²) >= 11 is 6.24. The highest BCUT2D eigenvalue weighted by molar-refractivity contribution is 7.89. The Hall–Kier alpha value is -2.07. The predicted octanol–water partition coefficient (Wildman–Crippen LogP) is 2.84. The molecule has 1 atom stereocenters. The van der Waals surface area contributed by atoms with Gasteiger partial charge in [0.15, 0.2) is 0 Å². The third-order valence-corrected chi connectivity index (χ3v) is 6.96. The Labute approximate surface area is 172 Å². The molecule has 0 N–H and O–H groups in total. The van der Waals surface area contributed by atoms with E-state index in [1.807, 2.05) is 0 Å². The number of piperazine rings is 1. The molecule has 1 unspecified atom stereocenters. The van der Waals surface area contributed by atoms with Crippen molar-refractivity contribution in [3.8, 4) is 0 Å². The topological polar surface area (TPSA) is 66.9 Å². The SMILES string of the molecule is COC(=O)C(c1ccccc1Cl)N1CCN(S(=O)(=O)c2cc(F)cc(F)c2)CC1. The minimum Gasteiger partial charge on any atom is -0.468 e. The van der Waals surface area contributed by atoms with Gasteiger partial charge in [-0.25, -0.2) is 22.0 Å². The zero-order valence-corrected chi connectivity index (χ0v) is 17.1. The van der Waals surface area contributed by atoms with E-state index in [0.717, 1.165) is 16.4 Å². The first kappa shape index (κ1) is 21.6. The van der Waals surface area contributed by atoms with Crippen molar-refractivity contribution in [1.29, 1.82) is 0 Å². The standard InChI is InChI=1S/C19H19ClF2N2O4S/c1-28-19(25)18(16-4-2-3-5-17(16)20)23-6-8-24(9-7-23)29(26,27)15-11-13(21)10-14(22)12-15/h2-5,10-12,18H,6-9H2,1H3. The van der Waals surface area contributed by atoms with E-state index in [1.54, 1.807) is 29.2 Å². The number of benzene rings is 2. The summed E-state index contributed by atoms with van der Waals surface area (Å²) in [6.07, 6.45) is 0. The van der Waals surface area contributed by atoms with Gasteiger partial charge in [-0.1, -0.05) is 29.8 Å². The second kappa shape index (κ2) is 8.74. The molecule has 1 saturated heterocycles. The number of methoxy groups -OCH3 is 1. The van der Waals surface area contributed by atoms with Gasteiger partial charge in [-0.05, 0) is 23.8 Å². The third kappa shape index (κ3) is 4.58. The van der Waals surface area contributed by atoms with Gasteiger partial charge in [-0.2, -0.15) is 4.31 Å². The lowest BCUT2D eigenvalue weighted by Crippen LogP contribution is -2.51. The lowest BCUT2D eigenvalue weighted by molar-refractivity contribution is -0.147. The van der Waals surface area contributed by atoms with Crippen LogP contribution in [0.5, 0.6) is 0 Å². The van der Waals surface area contributed by atoms with Crippen molar-refractivity contribution < 1.29 is 26.7 Å². The molecule has 0 amide bonds. The van der Waals surface area contributed by atoms with E-state index in [4.69, 9.17) is 16.3 Å². The normalized spacial score (nSPS) is 17.1. The highest BCUT2D eigenvalue weighted by Crippen LogP contribution is 2.30. The molecule has 156 valence electrons. The number of hydrogen-bond donors (Lipinski definition) is 0. The molecule has 3 rings (SSSR count). The lowest BCUT2D eigenvalue weighted by Gasteiger charge is -2.37. The van der Waals surface area contributed by atoms with Crippen LogP contribution in [0, 0.1) is 11.6 Å². The first-order valence-corrected chi connectivity index (χ1v) is 10.6. The van der Waals surface area contributed by atoms with Crippen molar-refractivity contribution in [2.45, 2.75) is 10.9 Å². The average molecular weight is 445 g/mol. The molecule has 0 bridgehead atoms. The van der Waals surface area contributed by atoms with Gasteiger partial charge in [0.05, 0.1) is 12.0 Å². The molecule has 0 aromatic heterocycles. The predicted molar refractivity (Wildman–Crippen MR) is 103 cm³/mol. The summed E-state index contributed by atoms with van der Waals surface area (Å²) in [4.78, 5) is 13.7. The Bertz CT molecular complexity index is 991. The fourth-order valence-corrected chi connectivity index (χ4v) is 5.01. The summed E-state index contributed by atoms with van der Waals surface area (Å²) in [5.41, 5.74) is 0.560. The molecule has 1 aliphatic heterocycles. The summed E-state index contributed by atoms with van der Waals surface area (Å²) in [5.74, 6) is -2.44. The molecule has 0 aliphatic carbocycles. The van der Waals surface area contributed by atoms with Crippen LogP contribution in [0.25, 0.3) is 0 Å². The van der Waals surface area contributed by atoms with Crippen molar-refractivity contribution in [2.24, 2.45) is 0 Å². The molecule has 29 heavy (non-hydrogen) atoms. The molecule has 1 heterocycles. The van der Waals surface area contributed by atoms with Gasteiger partial charge in [0.2, 0.25) is 10.0 Å². The first-order chi connectivity index (χ1) is 13.7. The van der Waals surface area contributed by atoms with Gasteiger partial charge in [0, 0.05) is 37.3 Å². The van der Waals surface area contributed by atoms with Gasteiger partial charge >= 0.3 is 5.97 Å². The number of hydrogen-bond acceptors (Lipinski definition) is 5. The number of nitrogens with zero attached hydrogens (tertiary/aromatic N) is 2. The van der Waals surface area contributed by atoms with E-state index in [-0.39, 0.29) is 26.2 Å². The minimum absolute atomic E-state index is 0.0401. The average Bonchev–Trinajstić information content (AvgIpc) is 2.69. The number of esters is 1. The lowest BCUT2D eigenvalue weighted by atomic mass is 10.0. The monoisotopic (exact) mass is 444 g/mol. The number of sulfonamides is 1. The fraction of sp³-hybridized carbons (Fsp3) is 0.316. The summed E-state index contributed by atoms with van der Waals surface area (Å²) in [7, 11) is -2.80. The maximum Gasteiger partial charge on any atom is 0.327 e. The van der Waals surface area contributed by atoms with Crippen LogP contribution in [0.2, 0.25) is 5.02 Å². The number of carbonyl (C=O) groups is 1. The van der Waals surface area contributed by atoms with Crippen molar-refractivity contribution in [3.63, 3.8) is 0 Å². The molecule has 2 aromatic carbocycles. The number of carbonyl (C=O) groups excluding carboxylic acids is 1. The van der Waals surface area contributed by atoms with Crippen LogP contribution in [-0.4, -0.2) is 56.9 Å². The molecule has 10 heteroatoms. The number of ether oxygens (including phenoxy) is 1. The van der Waals surface area contributed by atoms with Crippen molar-refractivity contribution in [2.75, 3.05) is 33.3 Å². The summed E-state index contributed by atoms with van der Waals surface area (Å²) in [6, 6.07) is 8.25. The Morgan fingerprint density at radius 2 is 1.66 bits per heavy atom. The second-order valence-electron chi connectivity index (χ2n) is 6.49. The molecule has 0 spiro atoms. The van der Waals surface area contributed by atoms with Crippen molar-refractivity contribution >= 4 is 27.6 Å². The number of rotatable bonds is 5. The molecular formula is C19H19ClF2N2O4S. The number of halogens is 3. The highest BCUT2D eigenvalue weighted by atomic mass is 35.5. The van der Waals surface area contributed by atoms with Crippen molar-refractivity contribution in [3.05, 3.63) is 64.7 Å². The van der Waals surface area contributed by atoms with Gasteiger partial charge in [0.25, 0.3) is 0 Å². The van der Waals surface area contributed by atoms with E-state index < -0.39 is 38.6 Å². The molecule has 2 aromatic rings. The van der Waals surface area contributed by atoms with Gasteiger partial charge in [-0.3, -0.25) is 4.90 Å². The van der Waals surface area contributed by atoms with Crippen LogP contribution in [0.3, 0.4) is 0 Å². The van der Waals surface area contributed by atoms with Crippen LogP contribution in [0.15, 0.2) is 47.4 Å². The molecule has 0 radical (unpaired) electrons. The van der Waals surface area contributed by atoms with Crippen LogP contribution >= 0.6 is 11.6 Å². The fourth-order valence-electron chi connectivity index (χ4n) is 3.31. The molecule has 0 saturated carbocycles. The summed E-state index contributed by atoms with van der Waals surface area (Å²) < 4.78 is 58.4. The second-order valence-corrected chi connectivity index (χ2v) is 8.84. The summed E-state index contributed by atoms with van der Waals surface area (Å²) in [5, 5.41) is 0.396. The van der Waals surface area contributed by atoms with Crippen LogP contribution in [0.1, 0.15) is 11.6 Å². The van der Waals surface area contributed by atoms with Crippen LogP contribution in [0.4, 0.5) is 8.78 Å². The van der Waals surface area contributed by atoms with E-state index in [2.05, 4.69) is 0 Å². The Morgan fingerprint density at radius 3 is 2.21 bits per heavy atom. The van der Waals surface area contributed by atoms with Crippen LogP contribution < -0.4 is 0 Å². The Balaban J connectivity index is 1.81. The Kier molecular flexibility index (Phi) is 6.52. The molecule has 6 nitrogen and oxygen atoms in total. The summed E-state index contributed by atoms with van der Waals surface area (Å²) in [6.45, 7) is 0.501. The van der Waals surface area contributed by atoms with E-state index in [9.17, 15) is 22.0 Å². The van der Waals surface area contributed by atoms with E-state index >= 15 is 0 Å². The minimum atomic E-state index is -4.07. The maximum atomic E-state index is 13.5. The Morgan fingerprint density at radius 1 is 1.07 bits per heavy atom. The zero-order chi connectivity index (χ0) is 21.2. The van der Waals surface area contributed by atoms with Crippen LogP contribution in [-0.2, 0) is 19.6 Å². The molecule has 1 fully saturated rings. The molecule has 1 aliphatic rings. The van der Waals surface area contributed by atoms with Gasteiger partial charge in [-0.15, -0.1) is 0 Å². The maximum absolute atomic E-state index is 13.5.